The molecule has 3 aromatic carbocycles. The molecule has 0 aromatic heterocycles. The Bertz CT molecular complexity index is 862. The molecule has 4 heteroatoms. The van der Waals surface area contributed by atoms with Gasteiger partial charge in [-0.25, -0.2) is 4.79 Å². The number of rotatable bonds is 8. The molecule has 0 fully saturated rings. The third-order valence-corrected chi connectivity index (χ3v) is 4.91. The molecular formula is C22H20O3S. The van der Waals surface area contributed by atoms with E-state index in [1.165, 1.54) is 5.56 Å². The number of carboxylic acid groups (broad SMARTS) is 1. The summed E-state index contributed by atoms with van der Waals surface area (Å²) in [4.78, 5) is 11.2. The van der Waals surface area contributed by atoms with E-state index in [0.29, 0.717) is 12.2 Å². The van der Waals surface area contributed by atoms with Crippen molar-refractivity contribution in [3.05, 3.63) is 90.0 Å². The lowest BCUT2D eigenvalue weighted by atomic mass is 9.99. The molecule has 0 heterocycles. The summed E-state index contributed by atoms with van der Waals surface area (Å²) in [6, 6.07) is 25.0. The first-order valence-electron chi connectivity index (χ1n) is 8.41. The van der Waals surface area contributed by atoms with Crippen LogP contribution in [0.25, 0.3) is 11.1 Å². The number of benzene rings is 3. The maximum atomic E-state index is 11.2. The van der Waals surface area contributed by atoms with E-state index in [2.05, 4.69) is 6.07 Å². The van der Waals surface area contributed by atoms with Crippen LogP contribution in [0.15, 0.2) is 78.9 Å². The SMILES string of the molecule is O=C(O)c1cccc(-c2ccccc2CSCCOc2ccccc2)c1. The van der Waals surface area contributed by atoms with Gasteiger partial charge in [-0.2, -0.15) is 11.8 Å². The Morgan fingerprint density at radius 1 is 0.923 bits per heavy atom. The molecule has 0 aliphatic heterocycles. The molecule has 0 atom stereocenters. The van der Waals surface area contributed by atoms with Gasteiger partial charge in [-0.15, -0.1) is 0 Å². The molecule has 0 unspecified atom stereocenters. The molecule has 0 aliphatic rings. The zero-order valence-electron chi connectivity index (χ0n) is 14.3. The van der Waals surface area contributed by atoms with Crippen molar-refractivity contribution in [1.82, 2.24) is 0 Å². The van der Waals surface area contributed by atoms with Crippen molar-refractivity contribution in [2.45, 2.75) is 5.75 Å². The molecule has 0 aliphatic carbocycles. The van der Waals surface area contributed by atoms with Crippen LogP contribution in [0.5, 0.6) is 5.75 Å². The second-order valence-corrected chi connectivity index (χ2v) is 6.86. The van der Waals surface area contributed by atoms with Gasteiger partial charge in [-0.3, -0.25) is 0 Å². The normalized spacial score (nSPS) is 10.5. The number of hydrogen-bond acceptors (Lipinski definition) is 3. The van der Waals surface area contributed by atoms with Crippen molar-refractivity contribution in [2.24, 2.45) is 0 Å². The summed E-state index contributed by atoms with van der Waals surface area (Å²) in [7, 11) is 0. The summed E-state index contributed by atoms with van der Waals surface area (Å²) >= 11 is 1.80. The first kappa shape index (κ1) is 18.1. The molecule has 3 nitrogen and oxygen atoms in total. The molecule has 26 heavy (non-hydrogen) atoms. The summed E-state index contributed by atoms with van der Waals surface area (Å²) in [5, 5.41) is 9.20. The van der Waals surface area contributed by atoms with Gasteiger partial charge in [0.1, 0.15) is 5.75 Å². The zero-order valence-corrected chi connectivity index (χ0v) is 15.1. The van der Waals surface area contributed by atoms with E-state index in [-0.39, 0.29) is 0 Å². The maximum Gasteiger partial charge on any atom is 0.335 e. The Kier molecular flexibility index (Phi) is 6.34. The fourth-order valence-corrected chi connectivity index (χ4v) is 3.48. The molecule has 0 saturated carbocycles. The van der Waals surface area contributed by atoms with Crippen LogP contribution in [0.4, 0.5) is 0 Å². The number of carboxylic acids is 1. The number of para-hydroxylation sites is 1. The minimum Gasteiger partial charge on any atom is -0.493 e. The third-order valence-electron chi connectivity index (χ3n) is 3.94. The first-order chi connectivity index (χ1) is 12.7. The van der Waals surface area contributed by atoms with E-state index in [1.807, 2.05) is 54.6 Å². The van der Waals surface area contributed by atoms with Gasteiger partial charge in [-0.05, 0) is 41.0 Å². The van der Waals surface area contributed by atoms with Crippen LogP contribution in [0.1, 0.15) is 15.9 Å². The topological polar surface area (TPSA) is 46.5 Å². The van der Waals surface area contributed by atoms with Crippen molar-refractivity contribution in [1.29, 1.82) is 0 Å². The van der Waals surface area contributed by atoms with Crippen molar-refractivity contribution >= 4 is 17.7 Å². The molecule has 1 N–H and O–H groups in total. The van der Waals surface area contributed by atoms with Crippen LogP contribution in [-0.2, 0) is 5.75 Å². The zero-order chi connectivity index (χ0) is 18.2. The molecule has 0 saturated heterocycles. The Labute approximate surface area is 157 Å². The predicted molar refractivity (Wildman–Crippen MR) is 107 cm³/mol. The van der Waals surface area contributed by atoms with E-state index >= 15 is 0 Å². The Balaban J connectivity index is 1.61. The number of carbonyl (C=O) groups is 1. The van der Waals surface area contributed by atoms with Crippen molar-refractivity contribution in [3.63, 3.8) is 0 Å². The van der Waals surface area contributed by atoms with Crippen LogP contribution >= 0.6 is 11.8 Å². The highest BCUT2D eigenvalue weighted by molar-refractivity contribution is 7.98. The molecule has 0 amide bonds. The maximum absolute atomic E-state index is 11.2. The highest BCUT2D eigenvalue weighted by Gasteiger charge is 2.08. The molecule has 0 radical (unpaired) electrons. The summed E-state index contributed by atoms with van der Waals surface area (Å²) in [6.07, 6.45) is 0. The lowest BCUT2D eigenvalue weighted by Gasteiger charge is -2.11. The van der Waals surface area contributed by atoms with Crippen molar-refractivity contribution in [2.75, 3.05) is 12.4 Å². The second kappa shape index (κ2) is 9.11. The first-order valence-corrected chi connectivity index (χ1v) is 9.57. The summed E-state index contributed by atoms with van der Waals surface area (Å²) < 4.78 is 5.71. The Hall–Kier alpha value is -2.72. The van der Waals surface area contributed by atoms with E-state index in [9.17, 15) is 9.90 Å². The van der Waals surface area contributed by atoms with Crippen molar-refractivity contribution in [3.8, 4) is 16.9 Å². The largest absolute Gasteiger partial charge is 0.493 e. The summed E-state index contributed by atoms with van der Waals surface area (Å²) in [6.45, 7) is 0.658. The number of aromatic carboxylic acids is 1. The van der Waals surface area contributed by atoms with E-state index in [1.54, 1.807) is 30.0 Å². The van der Waals surface area contributed by atoms with Gasteiger partial charge in [0.05, 0.1) is 12.2 Å². The van der Waals surface area contributed by atoms with Gasteiger partial charge >= 0.3 is 5.97 Å². The molecule has 0 bridgehead atoms. The van der Waals surface area contributed by atoms with E-state index in [4.69, 9.17) is 4.74 Å². The lowest BCUT2D eigenvalue weighted by molar-refractivity contribution is 0.0697. The molecular weight excluding hydrogens is 344 g/mol. The minimum absolute atomic E-state index is 0.307. The lowest BCUT2D eigenvalue weighted by Crippen LogP contribution is -2.00. The summed E-state index contributed by atoms with van der Waals surface area (Å²) in [5.41, 5.74) is 3.51. The van der Waals surface area contributed by atoms with Crippen molar-refractivity contribution < 1.29 is 14.6 Å². The van der Waals surface area contributed by atoms with Gasteiger partial charge < -0.3 is 9.84 Å². The quantitative estimate of drug-likeness (QED) is 0.546. The highest BCUT2D eigenvalue weighted by Crippen LogP contribution is 2.27. The van der Waals surface area contributed by atoms with Crippen LogP contribution in [0.3, 0.4) is 0 Å². The minimum atomic E-state index is -0.906. The number of hydrogen-bond donors (Lipinski definition) is 1. The van der Waals surface area contributed by atoms with Crippen LogP contribution in [-0.4, -0.2) is 23.4 Å². The average molecular weight is 364 g/mol. The number of thioether (sulfide) groups is 1. The van der Waals surface area contributed by atoms with Gasteiger partial charge in [0.2, 0.25) is 0 Å². The smallest absolute Gasteiger partial charge is 0.335 e. The standard InChI is InChI=1S/C22H20O3S/c23-22(24)18-9-6-8-17(15-18)21-12-5-4-7-19(21)16-26-14-13-25-20-10-2-1-3-11-20/h1-12,15H,13-14,16H2,(H,23,24). The highest BCUT2D eigenvalue weighted by atomic mass is 32.2. The van der Waals surface area contributed by atoms with Gasteiger partial charge in [0.25, 0.3) is 0 Å². The monoisotopic (exact) mass is 364 g/mol. The molecule has 3 rings (SSSR count). The van der Waals surface area contributed by atoms with Gasteiger partial charge in [-0.1, -0.05) is 54.6 Å². The van der Waals surface area contributed by atoms with E-state index in [0.717, 1.165) is 28.4 Å². The fraction of sp³-hybridized carbons (Fsp3) is 0.136. The van der Waals surface area contributed by atoms with Crippen LogP contribution in [0, 0.1) is 0 Å². The number of ether oxygens (including phenoxy) is 1. The fourth-order valence-electron chi connectivity index (χ4n) is 2.66. The van der Waals surface area contributed by atoms with Crippen LogP contribution < -0.4 is 4.74 Å². The molecule has 3 aromatic rings. The average Bonchev–Trinajstić information content (AvgIpc) is 2.69. The van der Waals surface area contributed by atoms with E-state index < -0.39 is 5.97 Å². The Morgan fingerprint density at radius 2 is 1.69 bits per heavy atom. The third kappa shape index (κ3) is 4.90. The summed E-state index contributed by atoms with van der Waals surface area (Å²) in [5.74, 6) is 1.72. The molecule has 132 valence electrons. The predicted octanol–water partition coefficient (Wildman–Crippen LogP) is 5.36. The van der Waals surface area contributed by atoms with Gasteiger partial charge in [0, 0.05) is 11.5 Å². The molecule has 0 spiro atoms. The second-order valence-electron chi connectivity index (χ2n) is 5.76. The van der Waals surface area contributed by atoms with Crippen LogP contribution in [0.2, 0.25) is 0 Å². The Morgan fingerprint density at radius 3 is 2.50 bits per heavy atom. The van der Waals surface area contributed by atoms with Gasteiger partial charge in [0.15, 0.2) is 0 Å².